The van der Waals surface area contributed by atoms with Crippen LogP contribution in [-0.4, -0.2) is 79.1 Å². The number of anilines is 1. The van der Waals surface area contributed by atoms with Crippen LogP contribution in [0.25, 0.3) is 0 Å². The van der Waals surface area contributed by atoms with Crippen LogP contribution in [0.5, 0.6) is 0 Å². The van der Waals surface area contributed by atoms with Crippen LogP contribution in [0.4, 0.5) is 5.82 Å². The second kappa shape index (κ2) is 7.79. The molecular formula is C19H22N4O4. The molecule has 0 N–H and O–H groups in total. The molecule has 0 bridgehead atoms. The Morgan fingerprint density at radius 3 is 2.19 bits per heavy atom. The third-order valence-corrected chi connectivity index (χ3v) is 4.92. The van der Waals surface area contributed by atoms with Crippen LogP contribution in [0, 0.1) is 0 Å². The number of furan rings is 1. The summed E-state index contributed by atoms with van der Waals surface area (Å²) in [5.41, 5.74) is 0.567. The molecule has 4 rings (SSSR count). The predicted octanol–water partition coefficient (Wildman–Crippen LogP) is 1.11. The van der Waals surface area contributed by atoms with Crippen molar-refractivity contribution in [3.63, 3.8) is 0 Å². The van der Waals surface area contributed by atoms with Crippen LogP contribution in [-0.2, 0) is 4.74 Å². The SMILES string of the molecule is O=C(c1ccc(N2CCOCC2)nc1)N1CCN(C(=O)c2ccco2)CC1. The molecule has 0 radical (unpaired) electrons. The number of pyridine rings is 1. The standard InChI is InChI=1S/C19H22N4O4/c24-18(15-3-4-17(20-14-15)21-9-12-26-13-10-21)22-5-7-23(8-6-22)19(25)16-2-1-11-27-16/h1-4,11,14H,5-10,12-13H2. The summed E-state index contributed by atoms with van der Waals surface area (Å²) < 4.78 is 10.5. The van der Waals surface area contributed by atoms with Crippen molar-refractivity contribution >= 4 is 17.6 Å². The van der Waals surface area contributed by atoms with E-state index in [2.05, 4.69) is 9.88 Å². The third kappa shape index (κ3) is 3.80. The maximum absolute atomic E-state index is 12.7. The first-order valence-corrected chi connectivity index (χ1v) is 9.13. The fourth-order valence-electron chi connectivity index (χ4n) is 3.34. The van der Waals surface area contributed by atoms with Gasteiger partial charge >= 0.3 is 0 Å². The quantitative estimate of drug-likeness (QED) is 0.805. The summed E-state index contributed by atoms with van der Waals surface area (Å²) in [4.78, 5) is 35.1. The zero-order valence-corrected chi connectivity index (χ0v) is 15.0. The van der Waals surface area contributed by atoms with Gasteiger partial charge in [-0.3, -0.25) is 9.59 Å². The molecule has 2 fully saturated rings. The van der Waals surface area contributed by atoms with Gasteiger partial charge in [-0.15, -0.1) is 0 Å². The number of nitrogens with zero attached hydrogens (tertiary/aromatic N) is 4. The van der Waals surface area contributed by atoms with Gasteiger partial charge in [-0.25, -0.2) is 4.98 Å². The Labute approximate surface area is 157 Å². The summed E-state index contributed by atoms with van der Waals surface area (Å²) in [6, 6.07) is 7.05. The van der Waals surface area contributed by atoms with Gasteiger partial charge in [0.05, 0.1) is 25.0 Å². The minimum Gasteiger partial charge on any atom is -0.459 e. The van der Waals surface area contributed by atoms with E-state index in [9.17, 15) is 9.59 Å². The van der Waals surface area contributed by atoms with Gasteiger partial charge in [-0.2, -0.15) is 0 Å². The number of rotatable bonds is 3. The Morgan fingerprint density at radius 1 is 0.889 bits per heavy atom. The highest BCUT2D eigenvalue weighted by Gasteiger charge is 2.26. The van der Waals surface area contributed by atoms with E-state index in [1.165, 1.54) is 6.26 Å². The number of aromatic nitrogens is 1. The van der Waals surface area contributed by atoms with Gasteiger partial charge in [0, 0.05) is 45.5 Å². The molecule has 0 aliphatic carbocycles. The van der Waals surface area contributed by atoms with Crippen LogP contribution in [0.1, 0.15) is 20.9 Å². The number of carbonyl (C=O) groups excluding carboxylic acids is 2. The predicted molar refractivity (Wildman–Crippen MR) is 97.8 cm³/mol. The lowest BCUT2D eigenvalue weighted by Crippen LogP contribution is -2.50. The highest BCUT2D eigenvalue weighted by molar-refractivity contribution is 5.95. The highest BCUT2D eigenvalue weighted by Crippen LogP contribution is 2.16. The molecule has 2 aliphatic rings. The molecule has 2 aliphatic heterocycles. The lowest BCUT2D eigenvalue weighted by Gasteiger charge is -2.34. The molecule has 2 amide bonds. The molecule has 0 spiro atoms. The molecule has 2 saturated heterocycles. The van der Waals surface area contributed by atoms with Crippen molar-refractivity contribution in [1.82, 2.24) is 14.8 Å². The summed E-state index contributed by atoms with van der Waals surface area (Å²) >= 11 is 0. The van der Waals surface area contributed by atoms with E-state index in [4.69, 9.17) is 9.15 Å². The van der Waals surface area contributed by atoms with Crippen LogP contribution in [0.2, 0.25) is 0 Å². The number of piperazine rings is 1. The van der Waals surface area contributed by atoms with Crippen molar-refractivity contribution in [2.24, 2.45) is 0 Å². The number of ether oxygens (including phenoxy) is 1. The highest BCUT2D eigenvalue weighted by atomic mass is 16.5. The lowest BCUT2D eigenvalue weighted by molar-refractivity contribution is 0.0518. The van der Waals surface area contributed by atoms with Crippen LogP contribution in [0.15, 0.2) is 41.1 Å². The summed E-state index contributed by atoms with van der Waals surface area (Å²) in [6.45, 7) is 4.99. The topological polar surface area (TPSA) is 79.1 Å². The number of amides is 2. The minimum absolute atomic E-state index is 0.0545. The molecule has 0 saturated carbocycles. The zero-order chi connectivity index (χ0) is 18.6. The van der Waals surface area contributed by atoms with Gasteiger partial charge in [0.25, 0.3) is 11.8 Å². The molecule has 8 heteroatoms. The average Bonchev–Trinajstić information content (AvgIpc) is 3.28. The normalized spacial score (nSPS) is 17.9. The van der Waals surface area contributed by atoms with Crippen molar-refractivity contribution in [3.05, 3.63) is 48.0 Å². The van der Waals surface area contributed by atoms with Crippen molar-refractivity contribution in [2.45, 2.75) is 0 Å². The fraction of sp³-hybridized carbons (Fsp3) is 0.421. The maximum Gasteiger partial charge on any atom is 0.289 e. The maximum atomic E-state index is 12.7. The Hall–Kier alpha value is -2.87. The van der Waals surface area contributed by atoms with Crippen molar-refractivity contribution in [1.29, 1.82) is 0 Å². The van der Waals surface area contributed by atoms with Crippen molar-refractivity contribution < 1.29 is 18.7 Å². The average molecular weight is 370 g/mol. The summed E-state index contributed by atoms with van der Waals surface area (Å²) in [6.07, 6.45) is 3.12. The van der Waals surface area contributed by atoms with Gasteiger partial charge in [0.2, 0.25) is 0 Å². The largest absolute Gasteiger partial charge is 0.459 e. The van der Waals surface area contributed by atoms with E-state index in [0.717, 1.165) is 18.9 Å². The summed E-state index contributed by atoms with van der Waals surface area (Å²) in [5, 5.41) is 0. The Bertz CT molecular complexity index is 777. The molecule has 0 unspecified atom stereocenters. The first-order chi connectivity index (χ1) is 13.2. The van der Waals surface area contributed by atoms with Crippen LogP contribution in [0.3, 0.4) is 0 Å². The van der Waals surface area contributed by atoms with E-state index in [-0.39, 0.29) is 11.8 Å². The lowest BCUT2D eigenvalue weighted by atomic mass is 10.2. The zero-order valence-electron chi connectivity index (χ0n) is 15.0. The van der Waals surface area contributed by atoms with E-state index >= 15 is 0 Å². The molecule has 2 aromatic heterocycles. The fourth-order valence-corrected chi connectivity index (χ4v) is 3.34. The monoisotopic (exact) mass is 370 g/mol. The Kier molecular flexibility index (Phi) is 5.06. The van der Waals surface area contributed by atoms with Gasteiger partial charge in [-0.1, -0.05) is 0 Å². The number of hydrogen-bond donors (Lipinski definition) is 0. The van der Waals surface area contributed by atoms with E-state index < -0.39 is 0 Å². The van der Waals surface area contributed by atoms with E-state index in [1.54, 1.807) is 28.1 Å². The Morgan fingerprint density at radius 2 is 1.59 bits per heavy atom. The molecule has 4 heterocycles. The van der Waals surface area contributed by atoms with Crippen molar-refractivity contribution in [2.75, 3.05) is 57.4 Å². The van der Waals surface area contributed by atoms with E-state index in [1.807, 2.05) is 12.1 Å². The van der Waals surface area contributed by atoms with Gasteiger partial charge in [-0.05, 0) is 24.3 Å². The number of carbonyl (C=O) groups is 2. The molecule has 27 heavy (non-hydrogen) atoms. The summed E-state index contributed by atoms with van der Waals surface area (Å²) in [7, 11) is 0. The van der Waals surface area contributed by atoms with E-state index in [0.29, 0.717) is 50.7 Å². The molecular weight excluding hydrogens is 348 g/mol. The van der Waals surface area contributed by atoms with Crippen LogP contribution < -0.4 is 4.90 Å². The first-order valence-electron chi connectivity index (χ1n) is 9.13. The molecule has 8 nitrogen and oxygen atoms in total. The second-order valence-corrected chi connectivity index (χ2v) is 6.57. The molecule has 142 valence electrons. The number of hydrogen-bond acceptors (Lipinski definition) is 6. The first kappa shape index (κ1) is 17.5. The minimum atomic E-state index is -0.136. The smallest absolute Gasteiger partial charge is 0.289 e. The summed E-state index contributed by atoms with van der Waals surface area (Å²) in [5.74, 6) is 1.01. The molecule has 0 atom stereocenters. The van der Waals surface area contributed by atoms with Crippen LogP contribution >= 0.6 is 0 Å². The number of morpholine rings is 1. The third-order valence-electron chi connectivity index (χ3n) is 4.92. The molecule has 0 aromatic carbocycles. The second-order valence-electron chi connectivity index (χ2n) is 6.57. The van der Waals surface area contributed by atoms with Crippen molar-refractivity contribution in [3.8, 4) is 0 Å². The van der Waals surface area contributed by atoms with Gasteiger partial charge in [0.1, 0.15) is 5.82 Å². The Balaban J connectivity index is 1.34. The van der Waals surface area contributed by atoms with Gasteiger partial charge in [0.15, 0.2) is 5.76 Å². The van der Waals surface area contributed by atoms with Gasteiger partial charge < -0.3 is 23.9 Å². The molecule has 2 aromatic rings.